The van der Waals surface area contributed by atoms with Gasteiger partial charge in [-0.15, -0.1) is 11.3 Å². The highest BCUT2D eigenvalue weighted by Crippen LogP contribution is 2.32. The maximum absolute atomic E-state index is 11.9. The molecule has 22 heavy (non-hydrogen) atoms. The molecule has 1 aromatic heterocycles. The van der Waals surface area contributed by atoms with E-state index in [1.807, 2.05) is 18.2 Å². The molecule has 0 saturated heterocycles. The van der Waals surface area contributed by atoms with E-state index in [4.69, 9.17) is 5.26 Å². The number of benzene rings is 1. The highest BCUT2D eigenvalue weighted by atomic mass is 32.2. The summed E-state index contributed by atoms with van der Waals surface area (Å²) >= 11 is 1.48. The standard InChI is InChI=1S/C15H15N3O2S2/c1-17-22(19,20)14-5-2-11-6-7-18(15(11)8-14)10-13-4-3-12(9-16)21-13/h2-5,8,17H,6-7,10H2,1H3. The van der Waals surface area contributed by atoms with Crippen molar-refractivity contribution in [3.8, 4) is 6.07 Å². The minimum absolute atomic E-state index is 0.282. The number of hydrogen-bond donors (Lipinski definition) is 1. The summed E-state index contributed by atoms with van der Waals surface area (Å²) in [6.45, 7) is 1.56. The molecule has 1 aromatic carbocycles. The molecule has 0 fully saturated rings. The van der Waals surface area contributed by atoms with Gasteiger partial charge >= 0.3 is 0 Å². The average Bonchev–Trinajstić information content (AvgIpc) is 3.14. The number of nitrogens with one attached hydrogen (secondary N) is 1. The Morgan fingerprint density at radius 1 is 1.36 bits per heavy atom. The summed E-state index contributed by atoms with van der Waals surface area (Å²) in [5.74, 6) is 0. The van der Waals surface area contributed by atoms with E-state index in [0.29, 0.717) is 11.4 Å². The summed E-state index contributed by atoms with van der Waals surface area (Å²) in [6.07, 6.45) is 0.908. The molecule has 0 saturated carbocycles. The van der Waals surface area contributed by atoms with Crippen LogP contribution in [0, 0.1) is 11.3 Å². The van der Waals surface area contributed by atoms with E-state index in [2.05, 4.69) is 15.7 Å². The fourth-order valence-corrected chi connectivity index (χ4v) is 4.16. The normalized spacial score (nSPS) is 13.9. The van der Waals surface area contributed by atoms with Gasteiger partial charge in [0.15, 0.2) is 0 Å². The van der Waals surface area contributed by atoms with Gasteiger partial charge in [0, 0.05) is 17.1 Å². The maximum Gasteiger partial charge on any atom is 0.240 e. The number of anilines is 1. The molecule has 7 heteroatoms. The Morgan fingerprint density at radius 3 is 2.86 bits per heavy atom. The third-order valence-corrected chi connectivity index (χ3v) is 6.13. The van der Waals surface area contributed by atoms with Crippen LogP contribution >= 0.6 is 11.3 Å². The van der Waals surface area contributed by atoms with Crippen molar-refractivity contribution in [3.05, 3.63) is 45.6 Å². The van der Waals surface area contributed by atoms with Gasteiger partial charge in [-0.25, -0.2) is 13.1 Å². The lowest BCUT2D eigenvalue weighted by molar-refractivity contribution is 0.588. The summed E-state index contributed by atoms with van der Waals surface area (Å²) < 4.78 is 26.2. The molecule has 0 aliphatic carbocycles. The number of thiophene rings is 1. The van der Waals surface area contributed by atoms with Crippen molar-refractivity contribution in [2.75, 3.05) is 18.5 Å². The Labute approximate surface area is 133 Å². The predicted molar refractivity (Wildman–Crippen MR) is 86.5 cm³/mol. The fourth-order valence-electron chi connectivity index (χ4n) is 2.59. The van der Waals surface area contributed by atoms with Crippen molar-refractivity contribution in [2.24, 2.45) is 0 Å². The monoisotopic (exact) mass is 333 g/mol. The van der Waals surface area contributed by atoms with E-state index in [-0.39, 0.29) is 4.90 Å². The molecule has 5 nitrogen and oxygen atoms in total. The molecule has 1 aliphatic heterocycles. The zero-order valence-corrected chi connectivity index (χ0v) is 13.7. The molecule has 2 aromatic rings. The van der Waals surface area contributed by atoms with Crippen LogP contribution in [0.4, 0.5) is 5.69 Å². The zero-order valence-electron chi connectivity index (χ0n) is 12.0. The second-order valence-corrected chi connectivity index (χ2v) is 8.10. The van der Waals surface area contributed by atoms with Crippen LogP contribution in [-0.2, 0) is 23.0 Å². The summed E-state index contributed by atoms with van der Waals surface area (Å²) in [4.78, 5) is 4.24. The Hall–Kier alpha value is -1.88. The van der Waals surface area contributed by atoms with E-state index < -0.39 is 10.0 Å². The quantitative estimate of drug-likeness (QED) is 0.930. The lowest BCUT2D eigenvalue weighted by Crippen LogP contribution is -2.21. The number of rotatable bonds is 4. The number of nitriles is 1. The highest BCUT2D eigenvalue weighted by molar-refractivity contribution is 7.89. The van der Waals surface area contributed by atoms with Gasteiger partial charge in [-0.3, -0.25) is 0 Å². The topological polar surface area (TPSA) is 73.2 Å². The minimum atomic E-state index is -3.43. The van der Waals surface area contributed by atoms with Gasteiger partial charge in [0.2, 0.25) is 10.0 Å². The third-order valence-electron chi connectivity index (χ3n) is 3.75. The van der Waals surface area contributed by atoms with Gasteiger partial charge in [-0.2, -0.15) is 5.26 Å². The molecule has 0 spiro atoms. The lowest BCUT2D eigenvalue weighted by atomic mass is 10.2. The molecule has 0 unspecified atom stereocenters. The first-order valence-electron chi connectivity index (χ1n) is 6.84. The summed E-state index contributed by atoms with van der Waals surface area (Å²) in [5, 5.41) is 8.90. The lowest BCUT2D eigenvalue weighted by Gasteiger charge is -2.19. The molecule has 0 bridgehead atoms. The first-order chi connectivity index (χ1) is 10.5. The van der Waals surface area contributed by atoms with Crippen LogP contribution in [0.3, 0.4) is 0 Å². The van der Waals surface area contributed by atoms with Crippen LogP contribution in [0.15, 0.2) is 35.2 Å². The second kappa shape index (κ2) is 5.72. The van der Waals surface area contributed by atoms with Crippen molar-refractivity contribution < 1.29 is 8.42 Å². The molecular formula is C15H15N3O2S2. The molecule has 2 heterocycles. The fraction of sp³-hybridized carbons (Fsp3) is 0.267. The van der Waals surface area contributed by atoms with Crippen LogP contribution in [0.2, 0.25) is 0 Å². The van der Waals surface area contributed by atoms with E-state index in [1.54, 1.807) is 12.1 Å². The predicted octanol–water partition coefficient (Wildman–Crippen LogP) is 2.09. The van der Waals surface area contributed by atoms with Crippen LogP contribution in [0.5, 0.6) is 0 Å². The van der Waals surface area contributed by atoms with Crippen molar-refractivity contribution in [1.82, 2.24) is 4.72 Å². The number of nitrogens with zero attached hydrogens (tertiary/aromatic N) is 2. The van der Waals surface area contributed by atoms with Gasteiger partial charge in [0.25, 0.3) is 0 Å². The van der Waals surface area contributed by atoms with Crippen LogP contribution in [-0.4, -0.2) is 22.0 Å². The van der Waals surface area contributed by atoms with Crippen molar-refractivity contribution in [2.45, 2.75) is 17.9 Å². The van der Waals surface area contributed by atoms with Crippen molar-refractivity contribution in [3.63, 3.8) is 0 Å². The Morgan fingerprint density at radius 2 is 2.18 bits per heavy atom. The van der Waals surface area contributed by atoms with E-state index >= 15 is 0 Å². The largest absolute Gasteiger partial charge is 0.366 e. The Bertz CT molecular complexity index is 850. The number of hydrogen-bond acceptors (Lipinski definition) is 5. The molecule has 1 aliphatic rings. The highest BCUT2D eigenvalue weighted by Gasteiger charge is 2.22. The van der Waals surface area contributed by atoms with Crippen molar-refractivity contribution in [1.29, 1.82) is 5.26 Å². The van der Waals surface area contributed by atoms with Gasteiger partial charge in [0.05, 0.1) is 11.4 Å². The maximum atomic E-state index is 11.9. The van der Waals surface area contributed by atoms with Gasteiger partial charge < -0.3 is 4.90 Å². The Balaban J connectivity index is 1.90. The zero-order chi connectivity index (χ0) is 15.7. The molecule has 0 atom stereocenters. The first-order valence-corrected chi connectivity index (χ1v) is 9.13. The Kier molecular flexibility index (Phi) is 3.91. The average molecular weight is 333 g/mol. The first kappa shape index (κ1) is 15.0. The van der Waals surface area contributed by atoms with Gasteiger partial charge in [-0.1, -0.05) is 6.07 Å². The molecule has 0 amide bonds. The number of fused-ring (bicyclic) bond motifs is 1. The molecular weight excluding hydrogens is 318 g/mol. The molecule has 1 N–H and O–H groups in total. The SMILES string of the molecule is CNS(=O)(=O)c1ccc2c(c1)N(Cc1ccc(C#N)s1)CC2. The molecule has 0 radical (unpaired) electrons. The van der Waals surface area contributed by atoms with Crippen LogP contribution in [0.1, 0.15) is 15.3 Å². The molecule has 3 rings (SSSR count). The minimum Gasteiger partial charge on any atom is -0.366 e. The van der Waals surface area contributed by atoms with E-state index in [1.165, 1.54) is 18.4 Å². The van der Waals surface area contributed by atoms with E-state index in [9.17, 15) is 8.42 Å². The van der Waals surface area contributed by atoms with E-state index in [0.717, 1.165) is 29.1 Å². The van der Waals surface area contributed by atoms with Crippen LogP contribution < -0.4 is 9.62 Å². The number of sulfonamides is 1. The summed E-state index contributed by atoms with van der Waals surface area (Å²) in [7, 11) is -2.02. The second-order valence-electron chi connectivity index (χ2n) is 5.05. The third kappa shape index (κ3) is 2.73. The van der Waals surface area contributed by atoms with Crippen LogP contribution in [0.25, 0.3) is 0 Å². The van der Waals surface area contributed by atoms with Crippen molar-refractivity contribution >= 4 is 27.0 Å². The van der Waals surface area contributed by atoms with Gasteiger partial charge in [0.1, 0.15) is 10.9 Å². The smallest absolute Gasteiger partial charge is 0.240 e. The molecule has 114 valence electrons. The van der Waals surface area contributed by atoms with Gasteiger partial charge in [-0.05, 0) is 43.3 Å². The summed E-state index contributed by atoms with van der Waals surface area (Å²) in [6, 6.07) is 11.2. The summed E-state index contributed by atoms with van der Waals surface area (Å²) in [5.41, 5.74) is 2.12.